The fraction of sp³-hybridized carbons (Fsp3) is 0.600. The fourth-order valence-electron chi connectivity index (χ4n) is 4.22. The van der Waals surface area contributed by atoms with Gasteiger partial charge in [0.1, 0.15) is 5.69 Å². The van der Waals surface area contributed by atoms with Crippen molar-refractivity contribution >= 4 is 5.91 Å². The van der Waals surface area contributed by atoms with E-state index in [0.717, 1.165) is 30.2 Å². The Bertz CT molecular complexity index is 972. The van der Waals surface area contributed by atoms with E-state index in [2.05, 4.69) is 20.3 Å². The van der Waals surface area contributed by atoms with Gasteiger partial charge in [-0.15, -0.1) is 0 Å². The Morgan fingerprint density at radius 1 is 1.39 bits per heavy atom. The van der Waals surface area contributed by atoms with Crippen molar-refractivity contribution in [1.29, 1.82) is 0 Å². The summed E-state index contributed by atoms with van der Waals surface area (Å²) < 4.78 is 36.4. The lowest BCUT2D eigenvalue weighted by molar-refractivity contribution is -0.605. The highest BCUT2D eigenvalue weighted by Crippen LogP contribution is 2.42. The Labute approximate surface area is 178 Å². The first-order chi connectivity index (χ1) is 14.7. The summed E-state index contributed by atoms with van der Waals surface area (Å²) in [6, 6.07) is 0. The maximum Gasteiger partial charge on any atom is 0.290 e. The second-order valence-electron chi connectivity index (χ2n) is 8.65. The van der Waals surface area contributed by atoms with Gasteiger partial charge in [0.25, 0.3) is 11.8 Å². The highest BCUT2D eigenvalue weighted by molar-refractivity contribution is 5.94. The Kier molecular flexibility index (Phi) is 5.65. The molecule has 1 amide bonds. The van der Waals surface area contributed by atoms with Gasteiger partial charge in [0.15, 0.2) is 11.9 Å². The SMILES string of the molecule is CC(C)(CN1CCOCC1)NC(=O)c1nn(-c2c[n+]([O-])ccn2)c2c1CCCC2(F)F. The van der Waals surface area contributed by atoms with Crippen molar-refractivity contribution in [2.24, 2.45) is 0 Å². The Hall–Kier alpha value is -2.66. The number of carbonyl (C=O) groups excluding carboxylic acids is 1. The number of rotatable bonds is 5. The lowest BCUT2D eigenvalue weighted by Crippen LogP contribution is -2.53. The van der Waals surface area contributed by atoms with Crippen molar-refractivity contribution in [3.8, 4) is 5.82 Å². The minimum absolute atomic E-state index is 0.0486. The summed E-state index contributed by atoms with van der Waals surface area (Å²) >= 11 is 0. The number of alkyl halides is 2. The highest BCUT2D eigenvalue weighted by atomic mass is 19.3. The van der Waals surface area contributed by atoms with Gasteiger partial charge in [0, 0.05) is 37.2 Å². The zero-order valence-corrected chi connectivity index (χ0v) is 17.6. The van der Waals surface area contributed by atoms with Crippen molar-refractivity contribution < 1.29 is 23.0 Å². The third-order valence-electron chi connectivity index (χ3n) is 5.52. The molecular weight excluding hydrogens is 410 g/mol. The van der Waals surface area contributed by atoms with Crippen molar-refractivity contribution in [3.05, 3.63) is 40.7 Å². The molecule has 1 aliphatic carbocycles. The fourth-order valence-corrected chi connectivity index (χ4v) is 4.22. The first-order valence-corrected chi connectivity index (χ1v) is 10.3. The number of hydrogen-bond acceptors (Lipinski definition) is 6. The molecule has 1 fully saturated rings. The van der Waals surface area contributed by atoms with Crippen molar-refractivity contribution in [2.45, 2.75) is 44.6 Å². The van der Waals surface area contributed by atoms with Crippen LogP contribution in [0.4, 0.5) is 8.78 Å². The maximum atomic E-state index is 14.8. The Morgan fingerprint density at radius 2 is 2.13 bits per heavy atom. The second-order valence-corrected chi connectivity index (χ2v) is 8.65. The summed E-state index contributed by atoms with van der Waals surface area (Å²) in [4.78, 5) is 19.3. The van der Waals surface area contributed by atoms with Crippen LogP contribution in [0.2, 0.25) is 0 Å². The molecule has 0 unspecified atom stereocenters. The monoisotopic (exact) mass is 436 g/mol. The highest BCUT2D eigenvalue weighted by Gasteiger charge is 2.44. The molecule has 31 heavy (non-hydrogen) atoms. The number of ether oxygens (including phenoxy) is 1. The van der Waals surface area contributed by atoms with Gasteiger partial charge in [0.05, 0.1) is 19.4 Å². The lowest BCUT2D eigenvalue weighted by atomic mass is 9.92. The maximum absolute atomic E-state index is 14.8. The number of aromatic nitrogens is 4. The standard InChI is InChI=1S/C20H26F2N6O3/c1-19(2,13-26-8-10-31-11-9-26)24-18(29)16-14-4-3-5-20(21,22)17(14)28(25-16)15-12-27(30)7-6-23-15/h6-7,12H,3-5,8-11,13H2,1-2H3,(H,24,29). The van der Waals surface area contributed by atoms with E-state index in [1.165, 1.54) is 6.20 Å². The third-order valence-corrected chi connectivity index (χ3v) is 5.52. The molecule has 3 heterocycles. The lowest BCUT2D eigenvalue weighted by Gasteiger charge is -2.35. The topological polar surface area (TPSA) is 99.2 Å². The molecule has 168 valence electrons. The summed E-state index contributed by atoms with van der Waals surface area (Å²) in [6.45, 7) is 7.18. The van der Waals surface area contributed by atoms with E-state index in [9.17, 15) is 18.8 Å². The van der Waals surface area contributed by atoms with Gasteiger partial charge in [-0.05, 0) is 26.7 Å². The van der Waals surface area contributed by atoms with Crippen LogP contribution in [-0.4, -0.2) is 64.0 Å². The number of carbonyl (C=O) groups is 1. The van der Waals surface area contributed by atoms with E-state index in [1.54, 1.807) is 0 Å². The van der Waals surface area contributed by atoms with E-state index in [4.69, 9.17) is 4.74 Å². The van der Waals surface area contributed by atoms with E-state index in [-0.39, 0.29) is 35.6 Å². The van der Waals surface area contributed by atoms with E-state index >= 15 is 0 Å². The number of nitrogens with one attached hydrogen (secondary N) is 1. The first-order valence-electron chi connectivity index (χ1n) is 10.3. The molecule has 1 saturated heterocycles. The van der Waals surface area contributed by atoms with Crippen LogP contribution in [-0.2, 0) is 17.1 Å². The number of halogens is 2. The molecule has 0 bridgehead atoms. The van der Waals surface area contributed by atoms with Crippen LogP contribution in [0.25, 0.3) is 5.82 Å². The van der Waals surface area contributed by atoms with Gasteiger partial charge in [-0.1, -0.05) is 0 Å². The number of morpholine rings is 1. The van der Waals surface area contributed by atoms with Crippen LogP contribution in [0.1, 0.15) is 48.4 Å². The smallest absolute Gasteiger partial charge is 0.290 e. The molecular formula is C20H26F2N6O3. The third kappa shape index (κ3) is 4.52. The zero-order valence-electron chi connectivity index (χ0n) is 17.6. The molecule has 0 spiro atoms. The van der Waals surface area contributed by atoms with E-state index in [1.807, 2.05) is 13.8 Å². The van der Waals surface area contributed by atoms with E-state index < -0.39 is 17.4 Å². The Balaban J connectivity index is 1.66. The molecule has 4 rings (SSSR count). The number of nitrogens with zero attached hydrogens (tertiary/aromatic N) is 5. The first kappa shape index (κ1) is 21.6. The average molecular weight is 436 g/mol. The molecule has 2 aromatic heterocycles. The predicted molar refractivity (Wildman–Crippen MR) is 106 cm³/mol. The number of amides is 1. The van der Waals surface area contributed by atoms with Crippen LogP contribution in [0.15, 0.2) is 18.6 Å². The van der Waals surface area contributed by atoms with Crippen LogP contribution in [0.3, 0.4) is 0 Å². The molecule has 2 aliphatic rings. The van der Waals surface area contributed by atoms with Gasteiger partial charge in [-0.3, -0.25) is 9.69 Å². The minimum atomic E-state index is -3.17. The molecule has 1 aliphatic heterocycles. The van der Waals surface area contributed by atoms with Gasteiger partial charge in [0.2, 0.25) is 12.0 Å². The predicted octanol–water partition coefficient (Wildman–Crippen LogP) is 1.17. The molecule has 0 saturated carbocycles. The molecule has 2 aromatic rings. The molecule has 1 N–H and O–H groups in total. The van der Waals surface area contributed by atoms with Gasteiger partial charge < -0.3 is 15.3 Å². The number of hydrogen-bond donors (Lipinski definition) is 1. The van der Waals surface area contributed by atoms with Gasteiger partial charge in [-0.25, -0.2) is 9.67 Å². The summed E-state index contributed by atoms with van der Waals surface area (Å²) in [5.41, 5.74) is -0.814. The van der Waals surface area contributed by atoms with Gasteiger partial charge >= 0.3 is 0 Å². The van der Waals surface area contributed by atoms with Crippen molar-refractivity contribution in [1.82, 2.24) is 25.0 Å². The summed E-state index contributed by atoms with van der Waals surface area (Å²) in [5, 5.41) is 18.8. The Morgan fingerprint density at radius 3 is 2.84 bits per heavy atom. The normalized spacial score (nSPS) is 19.1. The summed E-state index contributed by atoms with van der Waals surface area (Å²) in [7, 11) is 0. The average Bonchev–Trinajstić information content (AvgIpc) is 3.09. The molecule has 0 radical (unpaired) electrons. The van der Waals surface area contributed by atoms with E-state index in [0.29, 0.717) is 30.9 Å². The molecule has 0 aromatic carbocycles. The molecule has 9 nitrogen and oxygen atoms in total. The molecule has 0 atom stereocenters. The quantitative estimate of drug-likeness (QED) is 0.558. The van der Waals surface area contributed by atoms with Crippen molar-refractivity contribution in [3.63, 3.8) is 0 Å². The van der Waals surface area contributed by atoms with Crippen molar-refractivity contribution in [2.75, 3.05) is 32.8 Å². The van der Waals surface area contributed by atoms with Crippen LogP contribution >= 0.6 is 0 Å². The number of fused-ring (bicyclic) bond motifs is 1. The van der Waals surface area contributed by atoms with Crippen LogP contribution < -0.4 is 10.0 Å². The summed E-state index contributed by atoms with van der Waals surface area (Å²) in [5.74, 6) is -3.74. The van der Waals surface area contributed by atoms with Crippen LogP contribution in [0, 0.1) is 5.21 Å². The van der Waals surface area contributed by atoms with Gasteiger partial charge in [-0.2, -0.15) is 18.6 Å². The largest absolute Gasteiger partial charge is 0.619 e. The summed E-state index contributed by atoms with van der Waals surface area (Å²) in [6.07, 6.45) is 3.62. The van der Waals surface area contributed by atoms with Crippen LogP contribution in [0.5, 0.6) is 0 Å². The molecule has 11 heteroatoms. The second kappa shape index (κ2) is 8.12. The minimum Gasteiger partial charge on any atom is -0.619 e. The zero-order chi connectivity index (χ0) is 22.2.